The van der Waals surface area contributed by atoms with Gasteiger partial charge < -0.3 is 0 Å². The van der Waals surface area contributed by atoms with Crippen LogP contribution in [0.15, 0.2) is 29.9 Å². The van der Waals surface area contributed by atoms with Crippen molar-refractivity contribution in [1.82, 2.24) is 0 Å². The summed E-state index contributed by atoms with van der Waals surface area (Å²) >= 11 is 0. The third-order valence-corrected chi connectivity index (χ3v) is 1.28. The third-order valence-electron chi connectivity index (χ3n) is 1.28. The lowest BCUT2D eigenvalue weighted by Crippen LogP contribution is -1.92. The van der Waals surface area contributed by atoms with Gasteiger partial charge in [-0.25, -0.2) is 0 Å². The second-order valence-electron chi connectivity index (χ2n) is 2.60. The Labute approximate surface area is 63.2 Å². The number of allylic oxidation sites excluding steroid dienone is 2. The fraction of sp³-hybridized carbons (Fsp3) is 0.444. The standard InChI is InChI=1S/C9H15N/c1-6-8(4)10-9(5)7(2)3/h6-7H,1,5H2,2-4H3. The molecule has 0 unspecified atom stereocenters. The first-order valence-electron chi connectivity index (χ1n) is 3.44. The molecule has 0 aliphatic heterocycles. The summed E-state index contributed by atoms with van der Waals surface area (Å²) in [5.41, 5.74) is 1.84. The summed E-state index contributed by atoms with van der Waals surface area (Å²) < 4.78 is 0. The zero-order valence-electron chi connectivity index (χ0n) is 7.02. The van der Waals surface area contributed by atoms with Crippen LogP contribution in [0, 0.1) is 5.92 Å². The van der Waals surface area contributed by atoms with Crippen molar-refractivity contribution in [1.29, 1.82) is 0 Å². The SMILES string of the molecule is C=CC(C)=NC(=C)C(C)C. The van der Waals surface area contributed by atoms with Crippen LogP contribution < -0.4 is 0 Å². The first-order valence-corrected chi connectivity index (χ1v) is 3.44. The van der Waals surface area contributed by atoms with E-state index in [4.69, 9.17) is 0 Å². The molecule has 0 atom stereocenters. The van der Waals surface area contributed by atoms with E-state index in [2.05, 4.69) is 32.0 Å². The molecule has 0 fully saturated rings. The van der Waals surface area contributed by atoms with Crippen LogP contribution in [0.3, 0.4) is 0 Å². The zero-order valence-corrected chi connectivity index (χ0v) is 7.02. The molecule has 0 saturated carbocycles. The molecule has 0 aromatic heterocycles. The van der Waals surface area contributed by atoms with Crippen molar-refractivity contribution in [3.05, 3.63) is 24.9 Å². The molecular weight excluding hydrogens is 122 g/mol. The summed E-state index contributed by atoms with van der Waals surface area (Å²) in [5.74, 6) is 0.426. The highest BCUT2D eigenvalue weighted by Crippen LogP contribution is 2.07. The van der Waals surface area contributed by atoms with E-state index in [0.29, 0.717) is 5.92 Å². The molecule has 0 aliphatic carbocycles. The van der Waals surface area contributed by atoms with E-state index >= 15 is 0 Å². The predicted octanol–water partition coefficient (Wildman–Crippen LogP) is 2.80. The highest BCUT2D eigenvalue weighted by Gasteiger charge is 1.95. The summed E-state index contributed by atoms with van der Waals surface area (Å²) in [6, 6.07) is 0. The molecule has 56 valence electrons. The molecule has 0 N–H and O–H groups in total. The molecular formula is C9H15N. The lowest BCUT2D eigenvalue weighted by atomic mass is 10.2. The molecule has 1 heteroatoms. The molecule has 0 saturated heterocycles. The lowest BCUT2D eigenvalue weighted by molar-refractivity contribution is 0.762. The Kier molecular flexibility index (Phi) is 3.70. The number of hydrogen-bond donors (Lipinski definition) is 0. The van der Waals surface area contributed by atoms with Gasteiger partial charge in [0.05, 0.1) is 0 Å². The normalized spacial score (nSPS) is 11.8. The van der Waals surface area contributed by atoms with Gasteiger partial charge in [0, 0.05) is 11.4 Å². The first-order chi connectivity index (χ1) is 4.57. The fourth-order valence-corrected chi connectivity index (χ4v) is 0.401. The number of nitrogens with zero attached hydrogens (tertiary/aromatic N) is 1. The van der Waals surface area contributed by atoms with Crippen molar-refractivity contribution < 1.29 is 0 Å². The van der Waals surface area contributed by atoms with E-state index in [1.807, 2.05) is 6.92 Å². The summed E-state index contributed by atoms with van der Waals surface area (Å²) in [5, 5.41) is 0. The maximum Gasteiger partial charge on any atom is 0.0369 e. The van der Waals surface area contributed by atoms with Gasteiger partial charge in [-0.3, -0.25) is 4.99 Å². The monoisotopic (exact) mass is 137 g/mol. The first kappa shape index (κ1) is 9.15. The molecule has 1 nitrogen and oxygen atoms in total. The maximum absolute atomic E-state index is 4.20. The minimum Gasteiger partial charge on any atom is -0.259 e. The Morgan fingerprint density at radius 2 is 2.00 bits per heavy atom. The molecule has 0 aromatic rings. The second-order valence-corrected chi connectivity index (χ2v) is 2.60. The number of rotatable bonds is 3. The van der Waals surface area contributed by atoms with Gasteiger partial charge in [-0.05, 0) is 18.9 Å². The van der Waals surface area contributed by atoms with Crippen molar-refractivity contribution in [3.8, 4) is 0 Å². The molecule has 0 heterocycles. The van der Waals surface area contributed by atoms with Crippen LogP contribution in [-0.2, 0) is 0 Å². The van der Waals surface area contributed by atoms with Gasteiger partial charge in [-0.1, -0.05) is 27.0 Å². The van der Waals surface area contributed by atoms with Crippen LogP contribution in [0.5, 0.6) is 0 Å². The van der Waals surface area contributed by atoms with E-state index in [9.17, 15) is 0 Å². The van der Waals surface area contributed by atoms with Crippen molar-refractivity contribution in [2.45, 2.75) is 20.8 Å². The van der Waals surface area contributed by atoms with Crippen molar-refractivity contribution in [3.63, 3.8) is 0 Å². The Balaban J connectivity index is 4.13. The lowest BCUT2D eigenvalue weighted by Gasteiger charge is -2.02. The summed E-state index contributed by atoms with van der Waals surface area (Å²) in [7, 11) is 0. The molecule has 0 amide bonds. The Morgan fingerprint density at radius 1 is 1.50 bits per heavy atom. The molecule has 0 aliphatic rings. The van der Waals surface area contributed by atoms with Crippen molar-refractivity contribution in [2.75, 3.05) is 0 Å². The van der Waals surface area contributed by atoms with Gasteiger partial charge in [0.2, 0.25) is 0 Å². The minimum atomic E-state index is 0.426. The highest BCUT2D eigenvalue weighted by atomic mass is 14.7. The van der Waals surface area contributed by atoms with Gasteiger partial charge >= 0.3 is 0 Å². The van der Waals surface area contributed by atoms with Gasteiger partial charge in [-0.2, -0.15) is 0 Å². The predicted molar refractivity (Wildman–Crippen MR) is 47.3 cm³/mol. The zero-order chi connectivity index (χ0) is 8.15. The van der Waals surface area contributed by atoms with Crippen molar-refractivity contribution >= 4 is 5.71 Å². The molecule has 10 heavy (non-hydrogen) atoms. The van der Waals surface area contributed by atoms with Crippen LogP contribution in [0.2, 0.25) is 0 Å². The van der Waals surface area contributed by atoms with Gasteiger partial charge in [0.25, 0.3) is 0 Å². The molecule has 0 spiro atoms. The van der Waals surface area contributed by atoms with Crippen LogP contribution >= 0.6 is 0 Å². The van der Waals surface area contributed by atoms with E-state index < -0.39 is 0 Å². The molecule has 0 aromatic carbocycles. The van der Waals surface area contributed by atoms with E-state index in [-0.39, 0.29) is 0 Å². The Morgan fingerprint density at radius 3 is 2.30 bits per heavy atom. The van der Waals surface area contributed by atoms with Gasteiger partial charge in [0.1, 0.15) is 0 Å². The average Bonchev–Trinajstić information content (AvgIpc) is 1.87. The van der Waals surface area contributed by atoms with Crippen LogP contribution in [0.1, 0.15) is 20.8 Å². The number of hydrogen-bond acceptors (Lipinski definition) is 1. The largest absolute Gasteiger partial charge is 0.259 e. The minimum absolute atomic E-state index is 0.426. The van der Waals surface area contributed by atoms with Gasteiger partial charge in [0.15, 0.2) is 0 Å². The topological polar surface area (TPSA) is 12.4 Å². The van der Waals surface area contributed by atoms with Crippen LogP contribution in [0.4, 0.5) is 0 Å². The molecule has 0 radical (unpaired) electrons. The third kappa shape index (κ3) is 3.23. The fourth-order valence-electron chi connectivity index (χ4n) is 0.401. The Bertz CT molecular complexity index is 164. The van der Waals surface area contributed by atoms with E-state index in [1.54, 1.807) is 6.08 Å². The van der Waals surface area contributed by atoms with Gasteiger partial charge in [-0.15, -0.1) is 0 Å². The maximum atomic E-state index is 4.20. The summed E-state index contributed by atoms with van der Waals surface area (Å²) in [4.78, 5) is 4.20. The summed E-state index contributed by atoms with van der Waals surface area (Å²) in [6.45, 7) is 13.5. The molecule has 0 rings (SSSR count). The number of aliphatic imine (C=N–C) groups is 1. The second kappa shape index (κ2) is 4.04. The molecule has 0 bridgehead atoms. The smallest absolute Gasteiger partial charge is 0.0369 e. The van der Waals surface area contributed by atoms with E-state index in [1.165, 1.54) is 0 Å². The van der Waals surface area contributed by atoms with Crippen LogP contribution in [-0.4, -0.2) is 5.71 Å². The Hall–Kier alpha value is -0.850. The van der Waals surface area contributed by atoms with Crippen LogP contribution in [0.25, 0.3) is 0 Å². The average molecular weight is 137 g/mol. The van der Waals surface area contributed by atoms with E-state index in [0.717, 1.165) is 11.4 Å². The van der Waals surface area contributed by atoms with Crippen molar-refractivity contribution in [2.24, 2.45) is 10.9 Å². The quantitative estimate of drug-likeness (QED) is 0.530. The highest BCUT2D eigenvalue weighted by molar-refractivity contribution is 5.92. The summed E-state index contributed by atoms with van der Waals surface area (Å²) in [6.07, 6.45) is 1.73.